The van der Waals surface area contributed by atoms with Crippen molar-refractivity contribution in [2.75, 3.05) is 0 Å². The van der Waals surface area contributed by atoms with Crippen LogP contribution < -0.4 is 0 Å². The van der Waals surface area contributed by atoms with Gasteiger partial charge in [-0.3, -0.25) is 14.2 Å². The number of carbonyl (C=O) groups excluding carboxylic acids is 1. The zero-order valence-corrected chi connectivity index (χ0v) is 12.9. The van der Waals surface area contributed by atoms with Crippen molar-refractivity contribution in [2.24, 2.45) is 14.1 Å². The maximum Gasteiger partial charge on any atom is 0.189 e. The average Bonchev–Trinajstić information content (AvgIpc) is 2.78. The highest BCUT2D eigenvalue weighted by molar-refractivity contribution is 9.10. The molecule has 19 heavy (non-hydrogen) atoms. The standard InChI is InChI=1S/C13H15BrN4O/c1-8-13(9(2)17(3)16-8)12(19)6-5-11-10(14)7-15-18(11)4/h5-7H,1-4H3/b6-5+. The number of carbonyl (C=O) groups is 1. The van der Waals surface area contributed by atoms with Gasteiger partial charge in [0.2, 0.25) is 0 Å². The van der Waals surface area contributed by atoms with Crippen molar-refractivity contribution < 1.29 is 4.79 Å². The van der Waals surface area contributed by atoms with Gasteiger partial charge in [0.05, 0.1) is 27.6 Å². The molecule has 2 aromatic heterocycles. The Labute approximate surface area is 120 Å². The van der Waals surface area contributed by atoms with Crippen LogP contribution in [0.5, 0.6) is 0 Å². The highest BCUT2D eigenvalue weighted by Gasteiger charge is 2.15. The van der Waals surface area contributed by atoms with Crippen LogP contribution in [0.4, 0.5) is 0 Å². The van der Waals surface area contributed by atoms with Crippen LogP contribution in [-0.2, 0) is 14.1 Å². The fraction of sp³-hybridized carbons (Fsp3) is 0.308. The van der Waals surface area contributed by atoms with Crippen LogP contribution in [-0.4, -0.2) is 25.3 Å². The SMILES string of the molecule is Cc1nn(C)c(C)c1C(=O)/C=C/c1c(Br)cnn1C. The maximum absolute atomic E-state index is 12.2. The summed E-state index contributed by atoms with van der Waals surface area (Å²) >= 11 is 3.39. The lowest BCUT2D eigenvalue weighted by atomic mass is 10.1. The molecular formula is C13H15BrN4O. The molecule has 0 bridgehead atoms. The van der Waals surface area contributed by atoms with Crippen LogP contribution in [0.15, 0.2) is 16.7 Å². The zero-order chi connectivity index (χ0) is 14.2. The first-order valence-corrected chi connectivity index (χ1v) is 6.61. The molecule has 2 heterocycles. The van der Waals surface area contributed by atoms with E-state index in [4.69, 9.17) is 0 Å². The highest BCUT2D eigenvalue weighted by atomic mass is 79.9. The van der Waals surface area contributed by atoms with Gasteiger partial charge in [-0.15, -0.1) is 0 Å². The van der Waals surface area contributed by atoms with Crippen molar-refractivity contribution in [1.82, 2.24) is 19.6 Å². The minimum absolute atomic E-state index is 0.0452. The van der Waals surface area contributed by atoms with Crippen molar-refractivity contribution in [1.29, 1.82) is 0 Å². The topological polar surface area (TPSA) is 52.7 Å². The molecule has 0 saturated carbocycles. The van der Waals surface area contributed by atoms with Crippen LogP contribution in [0.2, 0.25) is 0 Å². The summed E-state index contributed by atoms with van der Waals surface area (Å²) in [6.07, 6.45) is 5.01. The zero-order valence-electron chi connectivity index (χ0n) is 11.3. The third-order valence-corrected chi connectivity index (χ3v) is 3.70. The van der Waals surface area contributed by atoms with E-state index >= 15 is 0 Å². The minimum Gasteiger partial charge on any atom is -0.289 e. The summed E-state index contributed by atoms with van der Waals surface area (Å²) in [6, 6.07) is 0. The van der Waals surface area contributed by atoms with Gasteiger partial charge in [-0.05, 0) is 41.9 Å². The van der Waals surface area contributed by atoms with Crippen molar-refractivity contribution in [3.05, 3.63) is 39.4 Å². The lowest BCUT2D eigenvalue weighted by Crippen LogP contribution is -2.00. The van der Waals surface area contributed by atoms with Crippen LogP contribution in [0.3, 0.4) is 0 Å². The molecular weight excluding hydrogens is 308 g/mol. The number of aryl methyl sites for hydroxylation is 3. The van der Waals surface area contributed by atoms with Crippen LogP contribution >= 0.6 is 15.9 Å². The Morgan fingerprint density at radius 1 is 1.32 bits per heavy atom. The molecule has 6 heteroatoms. The van der Waals surface area contributed by atoms with E-state index in [2.05, 4.69) is 26.1 Å². The van der Waals surface area contributed by atoms with E-state index in [1.807, 2.05) is 27.9 Å². The summed E-state index contributed by atoms with van der Waals surface area (Å²) in [4.78, 5) is 12.2. The van der Waals surface area contributed by atoms with Gasteiger partial charge in [-0.25, -0.2) is 0 Å². The number of ketones is 1. The number of rotatable bonds is 3. The largest absolute Gasteiger partial charge is 0.289 e. The van der Waals surface area contributed by atoms with E-state index in [1.54, 1.807) is 27.7 Å². The number of halogens is 1. The van der Waals surface area contributed by atoms with E-state index in [0.717, 1.165) is 21.6 Å². The van der Waals surface area contributed by atoms with Gasteiger partial charge in [0.1, 0.15) is 0 Å². The number of allylic oxidation sites excluding steroid dienone is 1. The first-order valence-electron chi connectivity index (χ1n) is 5.82. The molecule has 0 fully saturated rings. The van der Waals surface area contributed by atoms with Crippen molar-refractivity contribution >= 4 is 27.8 Å². The summed E-state index contributed by atoms with van der Waals surface area (Å²) in [5.41, 5.74) is 3.14. The lowest BCUT2D eigenvalue weighted by Gasteiger charge is -1.98. The quantitative estimate of drug-likeness (QED) is 0.644. The van der Waals surface area contributed by atoms with Gasteiger partial charge < -0.3 is 0 Å². The van der Waals surface area contributed by atoms with E-state index < -0.39 is 0 Å². The minimum atomic E-state index is -0.0452. The molecule has 0 saturated heterocycles. The first kappa shape index (κ1) is 13.7. The van der Waals surface area contributed by atoms with Gasteiger partial charge in [0.25, 0.3) is 0 Å². The second kappa shape index (κ2) is 5.13. The summed E-state index contributed by atoms with van der Waals surface area (Å²) in [6.45, 7) is 3.73. The number of hydrogen-bond acceptors (Lipinski definition) is 3. The molecule has 0 aliphatic heterocycles. The summed E-state index contributed by atoms with van der Waals surface area (Å²) in [5, 5.41) is 8.34. The Bertz CT molecular complexity index is 647. The molecule has 0 aliphatic rings. The molecule has 0 radical (unpaired) electrons. The predicted molar refractivity (Wildman–Crippen MR) is 77.0 cm³/mol. The van der Waals surface area contributed by atoms with Gasteiger partial charge in [0, 0.05) is 19.8 Å². The average molecular weight is 323 g/mol. The van der Waals surface area contributed by atoms with E-state index in [9.17, 15) is 4.79 Å². The molecule has 2 rings (SSSR count). The summed E-state index contributed by atoms with van der Waals surface area (Å²) in [5.74, 6) is -0.0452. The Kier molecular flexibility index (Phi) is 3.71. The lowest BCUT2D eigenvalue weighted by molar-refractivity contribution is 0.104. The Balaban J connectivity index is 2.32. The summed E-state index contributed by atoms with van der Waals surface area (Å²) in [7, 11) is 3.66. The third kappa shape index (κ3) is 2.53. The Morgan fingerprint density at radius 3 is 2.47 bits per heavy atom. The van der Waals surface area contributed by atoms with Crippen LogP contribution in [0.25, 0.3) is 6.08 Å². The number of nitrogens with zero attached hydrogens (tertiary/aromatic N) is 4. The maximum atomic E-state index is 12.2. The van der Waals surface area contributed by atoms with Gasteiger partial charge >= 0.3 is 0 Å². The third-order valence-electron chi connectivity index (χ3n) is 3.09. The predicted octanol–water partition coefficient (Wildman–Crippen LogP) is 2.43. The second-order valence-electron chi connectivity index (χ2n) is 4.37. The van der Waals surface area contributed by atoms with Crippen LogP contribution in [0, 0.1) is 13.8 Å². The fourth-order valence-corrected chi connectivity index (χ4v) is 2.46. The molecule has 0 spiro atoms. The summed E-state index contributed by atoms with van der Waals surface area (Å²) < 4.78 is 4.28. The van der Waals surface area contributed by atoms with E-state index in [0.29, 0.717) is 5.56 Å². The van der Waals surface area contributed by atoms with E-state index in [-0.39, 0.29) is 5.78 Å². The molecule has 100 valence electrons. The van der Waals surface area contributed by atoms with Crippen molar-refractivity contribution in [2.45, 2.75) is 13.8 Å². The smallest absolute Gasteiger partial charge is 0.189 e. The Morgan fingerprint density at radius 2 is 2.00 bits per heavy atom. The normalized spacial score (nSPS) is 11.4. The fourth-order valence-electron chi connectivity index (χ4n) is 1.98. The molecule has 0 aromatic carbocycles. The molecule has 0 aliphatic carbocycles. The number of aromatic nitrogens is 4. The molecule has 0 amide bonds. The molecule has 0 N–H and O–H groups in total. The highest BCUT2D eigenvalue weighted by Crippen LogP contribution is 2.18. The monoisotopic (exact) mass is 322 g/mol. The van der Waals surface area contributed by atoms with Gasteiger partial charge in [-0.1, -0.05) is 0 Å². The first-order chi connectivity index (χ1) is 8.91. The molecule has 0 unspecified atom stereocenters. The Hall–Kier alpha value is -1.69. The van der Waals surface area contributed by atoms with Gasteiger partial charge in [-0.2, -0.15) is 10.2 Å². The molecule has 5 nitrogen and oxygen atoms in total. The molecule has 0 atom stereocenters. The van der Waals surface area contributed by atoms with Crippen molar-refractivity contribution in [3.63, 3.8) is 0 Å². The molecule has 2 aromatic rings. The van der Waals surface area contributed by atoms with Crippen molar-refractivity contribution in [3.8, 4) is 0 Å². The van der Waals surface area contributed by atoms with Crippen LogP contribution in [0.1, 0.15) is 27.4 Å². The van der Waals surface area contributed by atoms with Gasteiger partial charge in [0.15, 0.2) is 5.78 Å². The van der Waals surface area contributed by atoms with E-state index in [1.165, 1.54) is 0 Å². The second-order valence-corrected chi connectivity index (χ2v) is 5.22. The number of hydrogen-bond donors (Lipinski definition) is 0.